The molecule has 2 amide bonds. The van der Waals surface area contributed by atoms with Crippen molar-refractivity contribution in [3.63, 3.8) is 0 Å². The van der Waals surface area contributed by atoms with E-state index in [4.69, 9.17) is 9.47 Å². The van der Waals surface area contributed by atoms with Crippen molar-refractivity contribution in [1.82, 2.24) is 0 Å². The molecule has 0 aromatic heterocycles. The summed E-state index contributed by atoms with van der Waals surface area (Å²) in [6, 6.07) is 13.4. The smallest absolute Gasteiger partial charge is 0.311 e. The average molecular weight is 410 g/mol. The Kier molecular flexibility index (Phi) is 6.46. The van der Waals surface area contributed by atoms with Gasteiger partial charge in [-0.15, -0.1) is 0 Å². The first-order valence-corrected chi connectivity index (χ1v) is 9.39. The van der Waals surface area contributed by atoms with E-state index in [1.54, 1.807) is 48.5 Å². The molecule has 0 spiro atoms. The van der Waals surface area contributed by atoms with Gasteiger partial charge < -0.3 is 19.7 Å². The molecular formula is C22H22N2O6. The maximum Gasteiger partial charge on any atom is 0.311 e. The number of carbonyl (C=O) groups is 4. The van der Waals surface area contributed by atoms with Gasteiger partial charge in [0.2, 0.25) is 5.91 Å². The second-order valence-electron chi connectivity index (χ2n) is 6.90. The van der Waals surface area contributed by atoms with Crippen LogP contribution in [0.15, 0.2) is 48.5 Å². The van der Waals surface area contributed by atoms with E-state index in [2.05, 4.69) is 5.32 Å². The molecule has 156 valence electrons. The molecule has 0 unspecified atom stereocenters. The van der Waals surface area contributed by atoms with Crippen molar-refractivity contribution >= 4 is 34.9 Å². The van der Waals surface area contributed by atoms with Crippen molar-refractivity contribution < 1.29 is 28.7 Å². The van der Waals surface area contributed by atoms with Crippen LogP contribution in [0.25, 0.3) is 0 Å². The van der Waals surface area contributed by atoms with Crippen molar-refractivity contribution in [2.75, 3.05) is 30.5 Å². The SMILES string of the molecule is COc1cccc(N2C[C@@H](C(=O)OCC(=O)Nc3ccc(C(C)=O)cc3)CC2=O)c1. The molecule has 3 rings (SSSR count). The maximum atomic E-state index is 12.3. The van der Waals surface area contributed by atoms with Gasteiger partial charge in [-0.25, -0.2) is 0 Å². The fraction of sp³-hybridized carbons (Fsp3) is 0.273. The van der Waals surface area contributed by atoms with Crippen LogP contribution in [0.2, 0.25) is 0 Å². The molecule has 0 bridgehead atoms. The molecular weight excluding hydrogens is 388 g/mol. The van der Waals surface area contributed by atoms with E-state index in [1.807, 2.05) is 0 Å². The predicted molar refractivity (Wildman–Crippen MR) is 109 cm³/mol. The van der Waals surface area contributed by atoms with Crippen LogP contribution in [0.5, 0.6) is 5.75 Å². The highest BCUT2D eigenvalue weighted by Gasteiger charge is 2.36. The number of methoxy groups -OCH3 is 1. The lowest BCUT2D eigenvalue weighted by atomic mass is 10.1. The summed E-state index contributed by atoms with van der Waals surface area (Å²) < 4.78 is 10.3. The fourth-order valence-electron chi connectivity index (χ4n) is 3.13. The van der Waals surface area contributed by atoms with E-state index in [0.717, 1.165) is 0 Å². The van der Waals surface area contributed by atoms with Crippen LogP contribution in [0.4, 0.5) is 11.4 Å². The minimum Gasteiger partial charge on any atom is -0.497 e. The van der Waals surface area contributed by atoms with E-state index >= 15 is 0 Å². The van der Waals surface area contributed by atoms with E-state index < -0.39 is 24.4 Å². The zero-order valence-corrected chi connectivity index (χ0v) is 16.7. The Labute approximate surface area is 173 Å². The van der Waals surface area contributed by atoms with Gasteiger partial charge in [-0.05, 0) is 43.3 Å². The van der Waals surface area contributed by atoms with Crippen molar-refractivity contribution in [3.05, 3.63) is 54.1 Å². The molecule has 2 aromatic rings. The Morgan fingerprint density at radius 3 is 2.53 bits per heavy atom. The summed E-state index contributed by atoms with van der Waals surface area (Å²) in [7, 11) is 1.54. The first-order valence-electron chi connectivity index (χ1n) is 9.39. The molecule has 1 heterocycles. The van der Waals surface area contributed by atoms with Crippen LogP contribution >= 0.6 is 0 Å². The summed E-state index contributed by atoms with van der Waals surface area (Å²) in [6.07, 6.45) is 0.0180. The number of amides is 2. The van der Waals surface area contributed by atoms with Gasteiger partial charge in [-0.3, -0.25) is 19.2 Å². The standard InChI is InChI=1S/C22H22N2O6/c1-14(25)15-6-8-17(9-7-15)23-20(26)13-30-22(28)16-10-21(27)24(12-16)18-4-3-5-19(11-18)29-2/h3-9,11,16H,10,12-13H2,1-2H3,(H,23,26)/t16-/m0/s1. The molecule has 1 aliphatic rings. The number of ketones is 1. The second kappa shape index (κ2) is 9.21. The Bertz CT molecular complexity index is 970. The highest BCUT2D eigenvalue weighted by molar-refractivity contribution is 6.00. The summed E-state index contributed by atoms with van der Waals surface area (Å²) in [5.74, 6) is -1.41. The molecule has 1 saturated heterocycles. The number of nitrogens with zero attached hydrogens (tertiary/aromatic N) is 1. The highest BCUT2D eigenvalue weighted by atomic mass is 16.5. The third-order valence-electron chi connectivity index (χ3n) is 4.74. The topological polar surface area (TPSA) is 102 Å². The van der Waals surface area contributed by atoms with Crippen molar-refractivity contribution in [2.45, 2.75) is 13.3 Å². The lowest BCUT2D eigenvalue weighted by molar-refractivity contribution is -0.151. The van der Waals surface area contributed by atoms with Gasteiger partial charge in [-0.2, -0.15) is 0 Å². The zero-order chi connectivity index (χ0) is 21.7. The van der Waals surface area contributed by atoms with E-state index in [-0.39, 0.29) is 24.7 Å². The summed E-state index contributed by atoms with van der Waals surface area (Å²) >= 11 is 0. The molecule has 0 saturated carbocycles. The molecule has 1 fully saturated rings. The highest BCUT2D eigenvalue weighted by Crippen LogP contribution is 2.28. The Morgan fingerprint density at radius 2 is 1.87 bits per heavy atom. The number of hydrogen-bond acceptors (Lipinski definition) is 6. The molecule has 0 radical (unpaired) electrons. The first-order chi connectivity index (χ1) is 14.4. The Morgan fingerprint density at radius 1 is 1.13 bits per heavy atom. The van der Waals surface area contributed by atoms with Gasteiger partial charge in [0.15, 0.2) is 12.4 Å². The number of nitrogens with one attached hydrogen (secondary N) is 1. The minimum absolute atomic E-state index is 0.0180. The number of rotatable bonds is 7. The molecule has 1 atom stereocenters. The van der Waals surface area contributed by atoms with Crippen LogP contribution in [0, 0.1) is 5.92 Å². The van der Waals surface area contributed by atoms with Crippen LogP contribution in [0.3, 0.4) is 0 Å². The molecule has 8 heteroatoms. The van der Waals surface area contributed by atoms with Gasteiger partial charge in [0.1, 0.15) is 5.75 Å². The predicted octanol–water partition coefficient (Wildman–Crippen LogP) is 2.43. The zero-order valence-electron chi connectivity index (χ0n) is 16.7. The molecule has 8 nitrogen and oxygen atoms in total. The number of benzene rings is 2. The number of carbonyl (C=O) groups excluding carboxylic acids is 4. The number of ether oxygens (including phenoxy) is 2. The van der Waals surface area contributed by atoms with Crippen LogP contribution in [-0.4, -0.2) is 43.8 Å². The monoisotopic (exact) mass is 410 g/mol. The molecule has 1 N–H and O–H groups in total. The number of Topliss-reactive ketones (excluding diaryl/α,β-unsaturated/α-hetero) is 1. The van der Waals surface area contributed by atoms with Gasteiger partial charge in [-0.1, -0.05) is 6.07 Å². The van der Waals surface area contributed by atoms with E-state index in [0.29, 0.717) is 22.7 Å². The second-order valence-corrected chi connectivity index (χ2v) is 6.90. The molecule has 1 aliphatic heterocycles. The van der Waals surface area contributed by atoms with Crippen molar-refractivity contribution in [2.24, 2.45) is 5.92 Å². The summed E-state index contributed by atoms with van der Waals surface area (Å²) in [6.45, 7) is 1.17. The largest absolute Gasteiger partial charge is 0.497 e. The molecule has 2 aromatic carbocycles. The first kappa shape index (κ1) is 21.0. The van der Waals surface area contributed by atoms with Crippen LogP contribution in [0.1, 0.15) is 23.7 Å². The number of esters is 1. The van der Waals surface area contributed by atoms with E-state index in [9.17, 15) is 19.2 Å². The van der Waals surface area contributed by atoms with Crippen LogP contribution < -0.4 is 15.0 Å². The normalized spacial score (nSPS) is 15.6. The van der Waals surface area contributed by atoms with Gasteiger partial charge >= 0.3 is 5.97 Å². The average Bonchev–Trinajstić information content (AvgIpc) is 3.14. The Balaban J connectivity index is 1.51. The molecule has 30 heavy (non-hydrogen) atoms. The number of hydrogen-bond donors (Lipinski definition) is 1. The summed E-state index contributed by atoms with van der Waals surface area (Å²) in [5.41, 5.74) is 1.66. The minimum atomic E-state index is -0.647. The summed E-state index contributed by atoms with van der Waals surface area (Å²) in [4.78, 5) is 49.4. The fourth-order valence-corrected chi connectivity index (χ4v) is 3.13. The third kappa shape index (κ3) is 5.02. The van der Waals surface area contributed by atoms with Crippen LogP contribution in [-0.2, 0) is 19.1 Å². The summed E-state index contributed by atoms with van der Waals surface area (Å²) in [5, 5.41) is 2.59. The van der Waals surface area contributed by atoms with Crippen molar-refractivity contribution in [1.29, 1.82) is 0 Å². The molecule has 0 aliphatic carbocycles. The van der Waals surface area contributed by atoms with Gasteiger partial charge in [0.25, 0.3) is 5.91 Å². The van der Waals surface area contributed by atoms with Crippen molar-refractivity contribution in [3.8, 4) is 5.75 Å². The third-order valence-corrected chi connectivity index (χ3v) is 4.74. The quantitative estimate of drug-likeness (QED) is 0.556. The lowest BCUT2D eigenvalue weighted by Crippen LogP contribution is -2.28. The lowest BCUT2D eigenvalue weighted by Gasteiger charge is -2.17. The van der Waals surface area contributed by atoms with Gasteiger partial charge in [0, 0.05) is 36.0 Å². The van der Waals surface area contributed by atoms with E-state index in [1.165, 1.54) is 18.9 Å². The maximum absolute atomic E-state index is 12.3. The number of anilines is 2. The van der Waals surface area contributed by atoms with Gasteiger partial charge in [0.05, 0.1) is 13.0 Å². The Hall–Kier alpha value is -3.68.